The molecule has 0 amide bonds. The number of aromatic hydroxyl groups is 1. The maximum Gasteiger partial charge on any atom is 0.115 e. The number of halogens is 1. The van der Waals surface area contributed by atoms with Crippen LogP contribution in [0, 0.1) is 5.92 Å². The molecule has 4 heteroatoms. The number of benzene rings is 2. The number of phenolic OH excluding ortho intramolecular Hbond substituents is 1. The van der Waals surface area contributed by atoms with Gasteiger partial charge in [-0.1, -0.05) is 30.3 Å². The van der Waals surface area contributed by atoms with Crippen LogP contribution >= 0.6 is 12.4 Å². The summed E-state index contributed by atoms with van der Waals surface area (Å²) in [5.74, 6) is 1.13. The highest BCUT2D eigenvalue weighted by Gasteiger charge is 2.32. The normalized spacial score (nSPS) is 19.2. The average Bonchev–Trinajstić information content (AvgIpc) is 2.59. The standard InChI is InChI=1S/C22H24N2O.ClH/c1-24(2)14-17-10-11-21-19(13-15-6-3-4-9-20(15)23-21)22(17)16-7-5-8-18(25)12-16;/h3-9,12-13,17,22,25H,10-11,14H2,1-2H3;1H/t17-,22-;/m0./s1. The van der Waals surface area contributed by atoms with Gasteiger partial charge in [0.25, 0.3) is 0 Å². The van der Waals surface area contributed by atoms with Crippen molar-refractivity contribution >= 4 is 23.3 Å². The van der Waals surface area contributed by atoms with E-state index in [4.69, 9.17) is 4.98 Å². The molecule has 3 nitrogen and oxygen atoms in total. The van der Waals surface area contributed by atoms with Gasteiger partial charge >= 0.3 is 0 Å². The Morgan fingerprint density at radius 2 is 1.88 bits per heavy atom. The van der Waals surface area contributed by atoms with Crippen LogP contribution in [0.1, 0.15) is 29.2 Å². The molecule has 26 heavy (non-hydrogen) atoms. The molecule has 4 rings (SSSR count). The van der Waals surface area contributed by atoms with Crippen LogP contribution in [0.3, 0.4) is 0 Å². The fraction of sp³-hybridized carbons (Fsp3) is 0.318. The van der Waals surface area contributed by atoms with E-state index in [1.165, 1.54) is 22.2 Å². The first-order valence-corrected chi connectivity index (χ1v) is 8.94. The quantitative estimate of drug-likeness (QED) is 0.732. The van der Waals surface area contributed by atoms with Gasteiger partial charge < -0.3 is 10.0 Å². The third-order valence-electron chi connectivity index (χ3n) is 5.22. The molecule has 0 spiro atoms. The van der Waals surface area contributed by atoms with Gasteiger partial charge in [0, 0.05) is 23.5 Å². The first-order valence-electron chi connectivity index (χ1n) is 8.94. The van der Waals surface area contributed by atoms with Crippen molar-refractivity contribution in [3.05, 3.63) is 71.4 Å². The summed E-state index contributed by atoms with van der Waals surface area (Å²) in [4.78, 5) is 7.22. The van der Waals surface area contributed by atoms with Crippen molar-refractivity contribution < 1.29 is 5.11 Å². The average molecular weight is 369 g/mol. The minimum atomic E-state index is 0. The minimum Gasteiger partial charge on any atom is -0.508 e. The van der Waals surface area contributed by atoms with E-state index < -0.39 is 0 Å². The maximum atomic E-state index is 10.0. The van der Waals surface area contributed by atoms with Crippen LogP contribution in [0.25, 0.3) is 10.9 Å². The summed E-state index contributed by atoms with van der Waals surface area (Å²) >= 11 is 0. The monoisotopic (exact) mass is 368 g/mol. The van der Waals surface area contributed by atoms with Gasteiger partial charge in [0.05, 0.1) is 5.52 Å². The number of phenols is 1. The van der Waals surface area contributed by atoms with Crippen molar-refractivity contribution in [2.24, 2.45) is 5.92 Å². The summed E-state index contributed by atoms with van der Waals surface area (Å²) < 4.78 is 0. The van der Waals surface area contributed by atoms with Crippen molar-refractivity contribution in [1.29, 1.82) is 0 Å². The number of aromatic nitrogens is 1. The molecule has 2 atom stereocenters. The highest BCUT2D eigenvalue weighted by atomic mass is 35.5. The van der Waals surface area contributed by atoms with Gasteiger partial charge in [0.2, 0.25) is 0 Å². The zero-order valence-electron chi connectivity index (χ0n) is 15.2. The van der Waals surface area contributed by atoms with Gasteiger partial charge in [-0.2, -0.15) is 0 Å². The fourth-order valence-corrected chi connectivity index (χ4v) is 4.22. The van der Waals surface area contributed by atoms with E-state index in [0.717, 1.165) is 24.9 Å². The molecule has 1 N–H and O–H groups in total. The first-order chi connectivity index (χ1) is 12.1. The number of para-hydroxylation sites is 1. The van der Waals surface area contributed by atoms with Gasteiger partial charge in [0.1, 0.15) is 5.75 Å². The van der Waals surface area contributed by atoms with E-state index in [2.05, 4.69) is 49.3 Å². The van der Waals surface area contributed by atoms with Crippen molar-refractivity contribution in [2.45, 2.75) is 18.8 Å². The van der Waals surface area contributed by atoms with Gasteiger partial charge in [-0.15, -0.1) is 12.4 Å². The second kappa shape index (κ2) is 7.65. The second-order valence-corrected chi connectivity index (χ2v) is 7.35. The third-order valence-corrected chi connectivity index (χ3v) is 5.22. The van der Waals surface area contributed by atoms with Gasteiger partial charge in [-0.25, -0.2) is 0 Å². The summed E-state index contributed by atoms with van der Waals surface area (Å²) in [7, 11) is 4.27. The summed E-state index contributed by atoms with van der Waals surface area (Å²) in [5, 5.41) is 11.2. The smallest absolute Gasteiger partial charge is 0.115 e. The Morgan fingerprint density at radius 3 is 2.65 bits per heavy atom. The van der Waals surface area contributed by atoms with E-state index in [9.17, 15) is 5.11 Å². The van der Waals surface area contributed by atoms with Crippen LogP contribution < -0.4 is 0 Å². The molecule has 0 saturated heterocycles. The summed E-state index contributed by atoms with van der Waals surface area (Å²) in [6.07, 6.45) is 2.14. The Hall–Kier alpha value is -2.10. The zero-order chi connectivity index (χ0) is 17.4. The maximum absolute atomic E-state index is 10.0. The predicted molar refractivity (Wildman–Crippen MR) is 109 cm³/mol. The first kappa shape index (κ1) is 18.7. The number of hydrogen-bond donors (Lipinski definition) is 1. The Bertz CT molecular complexity index is 910. The molecule has 0 unspecified atom stereocenters. The summed E-state index contributed by atoms with van der Waals surface area (Å²) in [6.45, 7) is 1.03. The Morgan fingerprint density at radius 1 is 1.08 bits per heavy atom. The number of aryl methyl sites for hydroxylation is 1. The third kappa shape index (κ3) is 3.55. The molecule has 0 fully saturated rings. The van der Waals surface area contributed by atoms with Gasteiger partial charge in [-0.3, -0.25) is 4.98 Å². The topological polar surface area (TPSA) is 36.4 Å². The van der Waals surface area contributed by atoms with Crippen LogP contribution in [0.15, 0.2) is 54.6 Å². The molecule has 1 heterocycles. The van der Waals surface area contributed by atoms with Crippen LogP contribution in [0.4, 0.5) is 0 Å². The highest BCUT2D eigenvalue weighted by molar-refractivity contribution is 5.85. The number of nitrogens with zero attached hydrogens (tertiary/aromatic N) is 2. The zero-order valence-corrected chi connectivity index (χ0v) is 16.0. The van der Waals surface area contributed by atoms with Crippen LogP contribution in [-0.2, 0) is 6.42 Å². The predicted octanol–water partition coefficient (Wildman–Crippen LogP) is 4.62. The molecule has 0 aliphatic heterocycles. The number of hydrogen-bond acceptors (Lipinski definition) is 3. The molecule has 1 aliphatic rings. The largest absolute Gasteiger partial charge is 0.508 e. The molecule has 0 bridgehead atoms. The molecule has 2 aromatic carbocycles. The lowest BCUT2D eigenvalue weighted by Crippen LogP contribution is -2.31. The molecule has 1 aliphatic carbocycles. The Kier molecular flexibility index (Phi) is 5.49. The van der Waals surface area contributed by atoms with Crippen LogP contribution in [0.2, 0.25) is 0 Å². The summed E-state index contributed by atoms with van der Waals surface area (Å²) in [6, 6.07) is 18.4. The number of fused-ring (bicyclic) bond motifs is 2. The Balaban J connectivity index is 0.00000196. The Labute approximate surface area is 161 Å². The molecular formula is C22H25ClN2O. The molecule has 3 aromatic rings. The fourth-order valence-electron chi connectivity index (χ4n) is 4.22. The van der Waals surface area contributed by atoms with Crippen LogP contribution in [-0.4, -0.2) is 35.6 Å². The van der Waals surface area contributed by atoms with Crippen LogP contribution in [0.5, 0.6) is 5.75 Å². The lowest BCUT2D eigenvalue weighted by Gasteiger charge is -2.35. The minimum absolute atomic E-state index is 0. The number of pyridine rings is 1. The van der Waals surface area contributed by atoms with E-state index in [1.54, 1.807) is 6.07 Å². The highest BCUT2D eigenvalue weighted by Crippen LogP contribution is 2.42. The van der Waals surface area contributed by atoms with E-state index in [-0.39, 0.29) is 18.3 Å². The molecule has 1 aromatic heterocycles. The lowest BCUT2D eigenvalue weighted by atomic mass is 9.73. The van der Waals surface area contributed by atoms with Crippen molar-refractivity contribution in [3.63, 3.8) is 0 Å². The molecule has 0 saturated carbocycles. The van der Waals surface area contributed by atoms with Crippen molar-refractivity contribution in [3.8, 4) is 5.75 Å². The van der Waals surface area contributed by atoms with Gasteiger partial charge in [-0.05, 0) is 68.2 Å². The summed E-state index contributed by atoms with van der Waals surface area (Å²) in [5.41, 5.74) is 4.79. The number of rotatable bonds is 3. The molecule has 136 valence electrons. The van der Waals surface area contributed by atoms with Gasteiger partial charge in [0.15, 0.2) is 0 Å². The second-order valence-electron chi connectivity index (χ2n) is 7.35. The SMILES string of the molecule is CN(C)C[C@@H]1CCc2nc3ccccc3cc2[C@H]1c1cccc(O)c1.Cl. The van der Waals surface area contributed by atoms with E-state index in [0.29, 0.717) is 11.7 Å². The van der Waals surface area contributed by atoms with E-state index in [1.807, 2.05) is 18.2 Å². The molecular weight excluding hydrogens is 344 g/mol. The van der Waals surface area contributed by atoms with Crippen molar-refractivity contribution in [2.75, 3.05) is 20.6 Å². The van der Waals surface area contributed by atoms with E-state index >= 15 is 0 Å². The lowest BCUT2D eigenvalue weighted by molar-refractivity contribution is 0.280. The molecule has 0 radical (unpaired) electrons. The van der Waals surface area contributed by atoms with Crippen molar-refractivity contribution in [1.82, 2.24) is 9.88 Å².